The molecule has 0 aliphatic carbocycles. The highest BCUT2D eigenvalue weighted by Crippen LogP contribution is 2.34. The summed E-state index contributed by atoms with van der Waals surface area (Å²) in [4.78, 5) is 14.3. The van der Waals surface area contributed by atoms with Crippen LogP contribution in [0.25, 0.3) is 0 Å². The van der Waals surface area contributed by atoms with Crippen LogP contribution in [0.3, 0.4) is 0 Å². The molecule has 2 fully saturated rings. The molecule has 0 aromatic rings. The third-order valence-electron chi connectivity index (χ3n) is 5.52. The zero-order valence-corrected chi connectivity index (χ0v) is 13.4. The molecule has 2 aliphatic rings. The minimum Gasteiger partial charge on any atom is -0.396 e. The first-order valence-electron chi connectivity index (χ1n) is 8.34. The van der Waals surface area contributed by atoms with Crippen molar-refractivity contribution in [1.29, 1.82) is 0 Å². The summed E-state index contributed by atoms with van der Waals surface area (Å²) in [5, 5.41) is 12.7. The Morgan fingerprint density at radius 2 is 2.00 bits per heavy atom. The number of aliphatic hydroxyl groups excluding tert-OH is 1. The minimum atomic E-state index is 0.0309. The van der Waals surface area contributed by atoms with Crippen LogP contribution in [0.4, 0.5) is 4.79 Å². The lowest BCUT2D eigenvalue weighted by atomic mass is 9.77. The highest BCUT2D eigenvalue weighted by Gasteiger charge is 2.34. The van der Waals surface area contributed by atoms with Crippen LogP contribution in [-0.2, 0) is 4.74 Å². The molecule has 5 nitrogen and oxygen atoms in total. The van der Waals surface area contributed by atoms with Gasteiger partial charge in [-0.05, 0) is 50.4 Å². The minimum absolute atomic E-state index is 0.0309. The maximum absolute atomic E-state index is 12.4. The van der Waals surface area contributed by atoms with E-state index in [1.807, 2.05) is 4.90 Å². The van der Waals surface area contributed by atoms with Crippen LogP contribution < -0.4 is 5.32 Å². The predicted octanol–water partition coefficient (Wildman–Crippen LogP) is 2.00. The Morgan fingerprint density at radius 1 is 1.38 bits per heavy atom. The highest BCUT2D eigenvalue weighted by molar-refractivity contribution is 5.74. The van der Waals surface area contributed by atoms with Crippen molar-refractivity contribution in [2.45, 2.75) is 52.0 Å². The van der Waals surface area contributed by atoms with Crippen molar-refractivity contribution in [2.24, 2.45) is 11.3 Å². The van der Waals surface area contributed by atoms with Crippen LogP contribution in [-0.4, -0.2) is 55.0 Å². The molecule has 0 aromatic heterocycles. The Hall–Kier alpha value is -0.810. The SMILES string of the molecule is CCC1(CO)CCN(C(=O)NC(C)C2CCOCC2)CC1. The van der Waals surface area contributed by atoms with Crippen molar-refractivity contribution in [2.75, 3.05) is 32.9 Å². The molecule has 1 atom stereocenters. The summed E-state index contributed by atoms with van der Waals surface area (Å²) in [6.07, 6.45) is 4.85. The summed E-state index contributed by atoms with van der Waals surface area (Å²) in [6, 6.07) is 0.258. The Kier molecular flexibility index (Phi) is 5.88. The second kappa shape index (κ2) is 7.45. The van der Waals surface area contributed by atoms with E-state index >= 15 is 0 Å². The van der Waals surface area contributed by atoms with Gasteiger partial charge in [-0.3, -0.25) is 0 Å². The average molecular weight is 298 g/mol. The summed E-state index contributed by atoms with van der Waals surface area (Å²) < 4.78 is 5.37. The van der Waals surface area contributed by atoms with E-state index in [1.165, 1.54) is 0 Å². The molecule has 0 spiro atoms. The Bertz CT molecular complexity index is 328. The van der Waals surface area contributed by atoms with E-state index < -0.39 is 0 Å². The largest absolute Gasteiger partial charge is 0.396 e. The van der Waals surface area contributed by atoms with Gasteiger partial charge >= 0.3 is 6.03 Å². The number of piperidine rings is 1. The van der Waals surface area contributed by atoms with Gasteiger partial charge < -0.3 is 20.1 Å². The smallest absolute Gasteiger partial charge is 0.317 e. The van der Waals surface area contributed by atoms with Gasteiger partial charge in [0.1, 0.15) is 0 Å². The zero-order valence-electron chi connectivity index (χ0n) is 13.4. The van der Waals surface area contributed by atoms with Crippen LogP contribution in [0, 0.1) is 11.3 Å². The van der Waals surface area contributed by atoms with E-state index in [1.54, 1.807) is 0 Å². The lowest BCUT2D eigenvalue weighted by Gasteiger charge is -2.40. The fourth-order valence-corrected chi connectivity index (χ4v) is 3.43. The number of hydrogen-bond acceptors (Lipinski definition) is 3. The number of likely N-dealkylation sites (tertiary alicyclic amines) is 1. The Morgan fingerprint density at radius 3 is 2.52 bits per heavy atom. The van der Waals surface area contributed by atoms with E-state index in [4.69, 9.17) is 4.74 Å². The van der Waals surface area contributed by atoms with Crippen molar-refractivity contribution >= 4 is 6.03 Å². The molecule has 5 heteroatoms. The van der Waals surface area contributed by atoms with Gasteiger partial charge in [-0.15, -0.1) is 0 Å². The number of carbonyl (C=O) groups excluding carboxylic acids is 1. The third-order valence-corrected chi connectivity index (χ3v) is 5.52. The molecule has 2 amide bonds. The van der Waals surface area contributed by atoms with Gasteiger partial charge in [-0.25, -0.2) is 4.79 Å². The van der Waals surface area contributed by atoms with Gasteiger partial charge in [-0.2, -0.15) is 0 Å². The molecular formula is C16H30N2O3. The number of urea groups is 1. The monoisotopic (exact) mass is 298 g/mol. The molecule has 0 bridgehead atoms. The first-order valence-corrected chi connectivity index (χ1v) is 8.34. The van der Waals surface area contributed by atoms with Crippen LogP contribution in [0.1, 0.15) is 46.0 Å². The number of amides is 2. The molecule has 0 aromatic carbocycles. The first-order chi connectivity index (χ1) is 10.1. The number of nitrogens with zero attached hydrogens (tertiary/aromatic N) is 1. The van der Waals surface area contributed by atoms with Crippen molar-refractivity contribution in [3.8, 4) is 0 Å². The fraction of sp³-hybridized carbons (Fsp3) is 0.938. The fourth-order valence-electron chi connectivity index (χ4n) is 3.43. The molecule has 21 heavy (non-hydrogen) atoms. The predicted molar refractivity (Wildman–Crippen MR) is 82.2 cm³/mol. The summed E-state index contributed by atoms with van der Waals surface area (Å²) in [5.74, 6) is 0.527. The van der Waals surface area contributed by atoms with E-state index in [-0.39, 0.29) is 24.1 Å². The maximum Gasteiger partial charge on any atom is 0.317 e. The molecule has 2 saturated heterocycles. The molecule has 2 aliphatic heterocycles. The number of hydrogen-bond donors (Lipinski definition) is 2. The molecule has 2 N–H and O–H groups in total. The van der Waals surface area contributed by atoms with Gasteiger partial charge in [0, 0.05) is 39.0 Å². The van der Waals surface area contributed by atoms with E-state index in [2.05, 4.69) is 19.2 Å². The molecule has 0 radical (unpaired) electrons. The number of ether oxygens (including phenoxy) is 1. The van der Waals surface area contributed by atoms with Crippen molar-refractivity contribution < 1.29 is 14.6 Å². The van der Waals surface area contributed by atoms with Gasteiger partial charge in [-0.1, -0.05) is 6.92 Å². The van der Waals surface area contributed by atoms with Crippen LogP contribution in [0.15, 0.2) is 0 Å². The standard InChI is InChI=1S/C16H30N2O3/c1-3-16(12-19)6-8-18(9-7-16)15(20)17-13(2)14-4-10-21-11-5-14/h13-14,19H,3-12H2,1-2H3,(H,17,20). The van der Waals surface area contributed by atoms with Crippen molar-refractivity contribution in [3.63, 3.8) is 0 Å². The van der Waals surface area contributed by atoms with Crippen molar-refractivity contribution in [1.82, 2.24) is 10.2 Å². The van der Waals surface area contributed by atoms with Gasteiger partial charge in [0.15, 0.2) is 0 Å². The second-order valence-electron chi connectivity index (χ2n) is 6.69. The number of carbonyl (C=O) groups is 1. The lowest BCUT2D eigenvalue weighted by Crippen LogP contribution is -2.51. The summed E-state index contributed by atoms with van der Waals surface area (Å²) >= 11 is 0. The quantitative estimate of drug-likeness (QED) is 0.834. The van der Waals surface area contributed by atoms with E-state index in [0.717, 1.165) is 58.4 Å². The molecule has 122 valence electrons. The highest BCUT2D eigenvalue weighted by atomic mass is 16.5. The molecule has 2 rings (SSSR count). The molecule has 1 unspecified atom stereocenters. The van der Waals surface area contributed by atoms with Gasteiger partial charge in [0.25, 0.3) is 0 Å². The summed E-state index contributed by atoms with van der Waals surface area (Å²) in [5.41, 5.74) is 0.0309. The zero-order chi connectivity index (χ0) is 15.3. The number of rotatable bonds is 4. The van der Waals surface area contributed by atoms with Crippen LogP contribution >= 0.6 is 0 Å². The topological polar surface area (TPSA) is 61.8 Å². The van der Waals surface area contributed by atoms with E-state index in [9.17, 15) is 9.90 Å². The Balaban J connectivity index is 1.79. The summed E-state index contributed by atoms with van der Waals surface area (Å²) in [7, 11) is 0. The third kappa shape index (κ3) is 4.10. The van der Waals surface area contributed by atoms with Crippen molar-refractivity contribution in [3.05, 3.63) is 0 Å². The average Bonchev–Trinajstić information content (AvgIpc) is 2.55. The Labute approximate surface area is 128 Å². The van der Waals surface area contributed by atoms with Crippen LogP contribution in [0.2, 0.25) is 0 Å². The number of nitrogens with one attached hydrogen (secondary N) is 1. The van der Waals surface area contributed by atoms with Gasteiger partial charge in [0.05, 0.1) is 0 Å². The molecule has 2 heterocycles. The second-order valence-corrected chi connectivity index (χ2v) is 6.69. The molecule has 0 saturated carbocycles. The first kappa shape index (κ1) is 16.6. The van der Waals surface area contributed by atoms with Crippen LogP contribution in [0.5, 0.6) is 0 Å². The normalized spacial score (nSPS) is 24.6. The van der Waals surface area contributed by atoms with E-state index in [0.29, 0.717) is 5.92 Å². The molecular weight excluding hydrogens is 268 g/mol. The summed E-state index contributed by atoms with van der Waals surface area (Å²) in [6.45, 7) is 7.58. The lowest BCUT2D eigenvalue weighted by molar-refractivity contribution is 0.0459. The van der Waals surface area contributed by atoms with Gasteiger partial charge in [0.2, 0.25) is 0 Å². The number of aliphatic hydroxyl groups is 1. The maximum atomic E-state index is 12.4.